The van der Waals surface area contributed by atoms with E-state index in [1.807, 2.05) is 0 Å². The molecule has 0 saturated carbocycles. The van der Waals surface area contributed by atoms with Crippen molar-refractivity contribution >= 4 is 17.0 Å². The summed E-state index contributed by atoms with van der Waals surface area (Å²) in [4.78, 5) is 10.4. The third-order valence-corrected chi connectivity index (χ3v) is 2.22. The van der Waals surface area contributed by atoms with E-state index >= 15 is 0 Å². The first-order valence-electron chi connectivity index (χ1n) is 3.55. The first-order chi connectivity index (χ1) is 6.56. The number of aromatic carboxylic acids is 1. The Labute approximate surface area is 139 Å². The van der Waals surface area contributed by atoms with Gasteiger partial charge in [-0.05, 0) is 29.3 Å². The summed E-state index contributed by atoms with van der Waals surface area (Å²) in [6.07, 6.45) is 0. The number of rotatable bonds is 3. The average Bonchev–Trinajstić information content (AvgIpc) is 2.16. The van der Waals surface area contributed by atoms with Crippen LogP contribution >= 0.6 is 0 Å². The van der Waals surface area contributed by atoms with Crippen LogP contribution in [-0.4, -0.2) is 21.8 Å². The molecular formula is C8H6Na2O5S. The molecule has 0 aliphatic carbocycles. The summed E-state index contributed by atoms with van der Waals surface area (Å²) in [5.41, 5.74) is -0.283. The number of carbonyl (C=O) groups excluding carboxylic acids is 1. The topological polar surface area (TPSA) is 89.5 Å². The molecule has 16 heavy (non-hydrogen) atoms. The summed E-state index contributed by atoms with van der Waals surface area (Å²) in [5, 5.41) is 10.6. The molecule has 0 aliphatic rings. The van der Waals surface area contributed by atoms with E-state index in [1.54, 1.807) is 0 Å². The SMILES string of the molecule is COc1ccc(S(=O)[O-])cc1C(=O)[O-].[Na+].[Na+]. The Bertz CT molecular complexity index is 396. The second-order valence-electron chi connectivity index (χ2n) is 2.38. The van der Waals surface area contributed by atoms with Crippen molar-refractivity contribution < 1.29 is 82.5 Å². The Morgan fingerprint density at radius 2 is 1.94 bits per heavy atom. The quantitative estimate of drug-likeness (QED) is 0.398. The average molecular weight is 260 g/mol. The number of hydrogen-bond donors (Lipinski definition) is 0. The van der Waals surface area contributed by atoms with Crippen molar-refractivity contribution in [3.63, 3.8) is 0 Å². The van der Waals surface area contributed by atoms with E-state index in [1.165, 1.54) is 19.2 Å². The van der Waals surface area contributed by atoms with Gasteiger partial charge in [0, 0.05) is 10.5 Å². The van der Waals surface area contributed by atoms with Gasteiger partial charge >= 0.3 is 59.1 Å². The maximum absolute atomic E-state index is 10.6. The van der Waals surface area contributed by atoms with Crippen LogP contribution in [0.1, 0.15) is 10.4 Å². The molecule has 1 rings (SSSR count). The summed E-state index contributed by atoms with van der Waals surface area (Å²) < 4.78 is 25.8. The zero-order valence-corrected chi connectivity index (χ0v) is 14.0. The second kappa shape index (κ2) is 8.66. The molecule has 76 valence electrons. The number of benzene rings is 1. The molecule has 5 nitrogen and oxygen atoms in total. The number of ether oxygens (including phenoxy) is 1. The molecule has 0 N–H and O–H groups in total. The summed E-state index contributed by atoms with van der Waals surface area (Å²) in [5.74, 6) is -1.41. The second-order valence-corrected chi connectivity index (χ2v) is 3.33. The van der Waals surface area contributed by atoms with Gasteiger partial charge in [0.1, 0.15) is 5.75 Å². The molecule has 8 heteroatoms. The van der Waals surface area contributed by atoms with Gasteiger partial charge in [-0.3, -0.25) is 4.21 Å². The Hall–Kier alpha value is 0.600. The van der Waals surface area contributed by atoms with Crippen molar-refractivity contribution in [3.8, 4) is 5.75 Å². The molecule has 0 aromatic heterocycles. The van der Waals surface area contributed by atoms with Crippen LogP contribution in [-0.2, 0) is 11.1 Å². The van der Waals surface area contributed by atoms with Crippen molar-refractivity contribution in [1.29, 1.82) is 0 Å². The smallest absolute Gasteiger partial charge is 0.768 e. The van der Waals surface area contributed by atoms with E-state index in [0.717, 1.165) is 6.07 Å². The molecule has 0 heterocycles. The molecule has 0 aliphatic heterocycles. The first-order valence-corrected chi connectivity index (χ1v) is 4.62. The van der Waals surface area contributed by atoms with Crippen LogP contribution < -0.4 is 69.0 Å². The van der Waals surface area contributed by atoms with Crippen LogP contribution in [0.3, 0.4) is 0 Å². The summed E-state index contributed by atoms with van der Waals surface area (Å²) in [7, 11) is 1.29. The first kappa shape index (κ1) is 19.0. The Kier molecular flexibility index (Phi) is 10.3. The van der Waals surface area contributed by atoms with Gasteiger partial charge in [0.05, 0.1) is 13.1 Å². The van der Waals surface area contributed by atoms with Crippen molar-refractivity contribution in [2.45, 2.75) is 4.90 Å². The fourth-order valence-corrected chi connectivity index (χ4v) is 1.34. The molecule has 0 amide bonds. The van der Waals surface area contributed by atoms with Gasteiger partial charge < -0.3 is 19.2 Å². The molecule has 0 spiro atoms. The molecule has 1 atom stereocenters. The van der Waals surface area contributed by atoms with Gasteiger partial charge in [0.25, 0.3) is 0 Å². The maximum Gasteiger partial charge on any atom is 1.00 e. The van der Waals surface area contributed by atoms with Crippen molar-refractivity contribution in [3.05, 3.63) is 23.8 Å². The fourth-order valence-electron chi connectivity index (χ4n) is 0.950. The Morgan fingerprint density at radius 3 is 2.31 bits per heavy atom. The largest absolute Gasteiger partial charge is 1.00 e. The minimum Gasteiger partial charge on any atom is -0.768 e. The standard InChI is InChI=1S/C8H8O5S.2Na/c1-13-7-3-2-5(14(11)12)4-6(7)8(9)10;;/h2-4H,1H3,(H,9,10)(H,11,12);;/q;2*+1/p-2. The predicted molar refractivity (Wildman–Crippen MR) is 44.5 cm³/mol. The molecule has 0 bridgehead atoms. The van der Waals surface area contributed by atoms with Crippen LogP contribution in [0.5, 0.6) is 5.75 Å². The molecular weight excluding hydrogens is 254 g/mol. The van der Waals surface area contributed by atoms with Gasteiger partial charge in [-0.15, -0.1) is 0 Å². The molecule has 0 saturated heterocycles. The van der Waals surface area contributed by atoms with Gasteiger partial charge in [0.2, 0.25) is 0 Å². The third kappa shape index (κ3) is 4.85. The zero-order valence-electron chi connectivity index (χ0n) is 9.18. The van der Waals surface area contributed by atoms with Gasteiger partial charge in [-0.25, -0.2) is 0 Å². The van der Waals surface area contributed by atoms with Crippen molar-refractivity contribution in [2.24, 2.45) is 0 Å². The van der Waals surface area contributed by atoms with Crippen LogP contribution in [0.4, 0.5) is 0 Å². The van der Waals surface area contributed by atoms with E-state index in [9.17, 15) is 18.7 Å². The van der Waals surface area contributed by atoms with Crippen molar-refractivity contribution in [2.75, 3.05) is 7.11 Å². The Morgan fingerprint density at radius 1 is 1.38 bits per heavy atom. The summed E-state index contributed by atoms with van der Waals surface area (Å²) in [6, 6.07) is 3.49. The third-order valence-electron chi connectivity index (χ3n) is 1.58. The molecule has 1 aromatic rings. The number of carbonyl (C=O) groups is 1. The molecule has 1 aromatic carbocycles. The number of methoxy groups -OCH3 is 1. The van der Waals surface area contributed by atoms with E-state index in [-0.39, 0.29) is 75.3 Å². The minimum atomic E-state index is -2.46. The van der Waals surface area contributed by atoms with Gasteiger partial charge in [-0.1, -0.05) is 0 Å². The van der Waals surface area contributed by atoms with Crippen molar-refractivity contribution in [1.82, 2.24) is 0 Å². The van der Waals surface area contributed by atoms with E-state index in [2.05, 4.69) is 0 Å². The minimum absolute atomic E-state index is 0. The number of carboxylic acid groups (broad SMARTS) is 1. The van der Waals surface area contributed by atoms with E-state index < -0.39 is 17.0 Å². The fraction of sp³-hybridized carbons (Fsp3) is 0.125. The van der Waals surface area contributed by atoms with Crippen LogP contribution in [0, 0.1) is 0 Å². The van der Waals surface area contributed by atoms with Gasteiger partial charge in [0.15, 0.2) is 0 Å². The number of hydrogen-bond acceptors (Lipinski definition) is 5. The predicted octanol–water partition coefficient (Wildman–Crippen LogP) is -6.70. The maximum atomic E-state index is 10.6. The Balaban J connectivity index is 0. The van der Waals surface area contributed by atoms with Crippen LogP contribution in [0.2, 0.25) is 0 Å². The normalized spacial score (nSPS) is 10.6. The van der Waals surface area contributed by atoms with Gasteiger partial charge in [-0.2, -0.15) is 0 Å². The van der Waals surface area contributed by atoms with Crippen LogP contribution in [0.25, 0.3) is 0 Å². The van der Waals surface area contributed by atoms with E-state index in [0.29, 0.717) is 0 Å². The zero-order chi connectivity index (χ0) is 10.7. The molecule has 1 unspecified atom stereocenters. The molecule has 0 radical (unpaired) electrons. The summed E-state index contributed by atoms with van der Waals surface area (Å²) >= 11 is -2.46. The molecule has 0 fully saturated rings. The summed E-state index contributed by atoms with van der Waals surface area (Å²) in [6.45, 7) is 0. The number of carboxylic acids is 1. The monoisotopic (exact) mass is 260 g/mol. The van der Waals surface area contributed by atoms with E-state index in [4.69, 9.17) is 4.74 Å². The van der Waals surface area contributed by atoms with Crippen LogP contribution in [0.15, 0.2) is 23.1 Å².